The lowest BCUT2D eigenvalue weighted by molar-refractivity contribution is -0.137. The van der Waals surface area contributed by atoms with Crippen molar-refractivity contribution in [1.82, 2.24) is 0 Å². The van der Waals surface area contributed by atoms with Crippen molar-refractivity contribution in [2.75, 3.05) is 11.9 Å². The van der Waals surface area contributed by atoms with Crippen LogP contribution in [-0.4, -0.2) is 18.8 Å². The number of carbonyl (C=O) groups excluding carboxylic acids is 2. The fourth-order valence-electron chi connectivity index (χ4n) is 1.93. The number of amides is 1. The Bertz CT molecular complexity index is 812. The minimum Gasteiger partial charge on any atom is -0.483 e. The highest BCUT2D eigenvalue weighted by Crippen LogP contribution is 2.36. The van der Waals surface area contributed by atoms with E-state index in [1.807, 2.05) is 0 Å². The van der Waals surface area contributed by atoms with E-state index in [0.717, 1.165) is 12.1 Å². The number of ether oxygens (including phenoxy) is 1. The molecule has 0 saturated carbocycles. The SMILES string of the molecule is O=Cc1cc(Br)ccc1OCC(=O)Nc1ccc(Cl)cc1C(F)(F)F. The lowest BCUT2D eigenvalue weighted by Crippen LogP contribution is -2.22. The first-order valence-electron chi connectivity index (χ1n) is 6.75. The molecule has 2 aromatic rings. The molecule has 2 rings (SSSR count). The normalized spacial score (nSPS) is 11.1. The van der Waals surface area contributed by atoms with Gasteiger partial charge in [0.1, 0.15) is 5.75 Å². The number of rotatable bonds is 5. The Morgan fingerprint density at radius 2 is 1.96 bits per heavy atom. The second kappa shape index (κ2) is 7.88. The second-order valence-corrected chi connectivity index (χ2v) is 6.18. The molecule has 0 aliphatic rings. The van der Waals surface area contributed by atoms with E-state index >= 15 is 0 Å². The van der Waals surface area contributed by atoms with Gasteiger partial charge in [0.15, 0.2) is 12.9 Å². The zero-order valence-corrected chi connectivity index (χ0v) is 14.7. The predicted molar refractivity (Wildman–Crippen MR) is 90.1 cm³/mol. The molecule has 1 N–H and O–H groups in total. The van der Waals surface area contributed by atoms with Crippen molar-refractivity contribution in [3.63, 3.8) is 0 Å². The lowest BCUT2D eigenvalue weighted by atomic mass is 10.1. The molecule has 132 valence electrons. The summed E-state index contributed by atoms with van der Waals surface area (Å²) in [6.07, 6.45) is -4.14. The van der Waals surface area contributed by atoms with Crippen LogP contribution in [0.1, 0.15) is 15.9 Å². The molecule has 0 fully saturated rings. The summed E-state index contributed by atoms with van der Waals surface area (Å²) in [5, 5.41) is 2.02. The van der Waals surface area contributed by atoms with E-state index < -0.39 is 29.9 Å². The Morgan fingerprint density at radius 1 is 1.24 bits per heavy atom. The Hall–Kier alpha value is -2.06. The fraction of sp³-hybridized carbons (Fsp3) is 0.125. The third-order valence-corrected chi connectivity index (χ3v) is 3.75. The van der Waals surface area contributed by atoms with Gasteiger partial charge in [0.25, 0.3) is 5.91 Å². The number of hydrogen-bond donors (Lipinski definition) is 1. The highest BCUT2D eigenvalue weighted by atomic mass is 79.9. The highest BCUT2D eigenvalue weighted by Gasteiger charge is 2.34. The van der Waals surface area contributed by atoms with E-state index in [1.165, 1.54) is 18.2 Å². The van der Waals surface area contributed by atoms with Crippen molar-refractivity contribution in [1.29, 1.82) is 0 Å². The van der Waals surface area contributed by atoms with Crippen LogP contribution in [0.3, 0.4) is 0 Å². The molecule has 1 amide bonds. The lowest BCUT2D eigenvalue weighted by Gasteiger charge is -2.14. The Morgan fingerprint density at radius 3 is 2.60 bits per heavy atom. The molecule has 0 atom stereocenters. The van der Waals surface area contributed by atoms with Gasteiger partial charge >= 0.3 is 6.18 Å². The monoisotopic (exact) mass is 435 g/mol. The maximum absolute atomic E-state index is 13.0. The highest BCUT2D eigenvalue weighted by molar-refractivity contribution is 9.10. The van der Waals surface area contributed by atoms with E-state index in [0.29, 0.717) is 10.8 Å². The number of carbonyl (C=O) groups is 2. The summed E-state index contributed by atoms with van der Waals surface area (Å²) < 4.78 is 44.8. The average molecular weight is 437 g/mol. The minimum absolute atomic E-state index is 0.105. The molecule has 0 aliphatic carbocycles. The molecule has 0 spiro atoms. The van der Waals surface area contributed by atoms with Crippen molar-refractivity contribution in [2.24, 2.45) is 0 Å². The molecule has 0 unspecified atom stereocenters. The predicted octanol–water partition coefficient (Wildman–Crippen LogP) is 4.95. The molecule has 4 nitrogen and oxygen atoms in total. The van der Waals surface area contributed by atoms with Crippen LogP contribution in [0, 0.1) is 0 Å². The van der Waals surface area contributed by atoms with E-state index in [2.05, 4.69) is 21.2 Å². The van der Waals surface area contributed by atoms with E-state index in [9.17, 15) is 22.8 Å². The Labute approximate surface area is 154 Å². The van der Waals surface area contributed by atoms with Gasteiger partial charge in [-0.1, -0.05) is 27.5 Å². The van der Waals surface area contributed by atoms with Gasteiger partial charge in [0.2, 0.25) is 0 Å². The van der Waals surface area contributed by atoms with Crippen molar-refractivity contribution in [3.05, 3.63) is 57.0 Å². The fourth-order valence-corrected chi connectivity index (χ4v) is 2.48. The van der Waals surface area contributed by atoms with Gasteiger partial charge in [-0.2, -0.15) is 13.2 Å². The summed E-state index contributed by atoms with van der Waals surface area (Å²) in [6, 6.07) is 7.55. The maximum Gasteiger partial charge on any atom is 0.418 e. The number of nitrogens with one attached hydrogen (secondary N) is 1. The topological polar surface area (TPSA) is 55.4 Å². The van der Waals surface area contributed by atoms with E-state index in [-0.39, 0.29) is 16.3 Å². The van der Waals surface area contributed by atoms with Gasteiger partial charge in [-0.25, -0.2) is 0 Å². The van der Waals surface area contributed by atoms with Gasteiger partial charge in [0, 0.05) is 9.50 Å². The molecule has 25 heavy (non-hydrogen) atoms. The van der Waals surface area contributed by atoms with Crippen LogP contribution in [-0.2, 0) is 11.0 Å². The van der Waals surface area contributed by atoms with Crippen molar-refractivity contribution in [2.45, 2.75) is 6.18 Å². The van der Waals surface area contributed by atoms with Crippen LogP contribution in [0.5, 0.6) is 5.75 Å². The molecule has 0 radical (unpaired) electrons. The first kappa shape index (κ1) is 19.3. The van der Waals surface area contributed by atoms with Gasteiger partial charge in [0.05, 0.1) is 16.8 Å². The molecule has 9 heteroatoms. The van der Waals surface area contributed by atoms with E-state index in [4.69, 9.17) is 16.3 Å². The molecule has 0 saturated heterocycles. The second-order valence-electron chi connectivity index (χ2n) is 4.82. The molecule has 2 aromatic carbocycles. The third kappa shape index (κ3) is 5.20. The summed E-state index contributed by atoms with van der Waals surface area (Å²) in [4.78, 5) is 22.8. The standard InChI is InChI=1S/C16H10BrClF3NO3/c17-10-1-4-14(9(5-10)7-23)25-8-15(24)22-13-3-2-11(18)6-12(13)16(19,20)21/h1-7H,8H2,(H,22,24). The first-order chi connectivity index (χ1) is 11.7. The van der Waals surface area contributed by atoms with Crippen LogP contribution in [0.15, 0.2) is 40.9 Å². The summed E-state index contributed by atoms with van der Waals surface area (Å²) in [5.41, 5.74) is -1.30. The van der Waals surface area contributed by atoms with E-state index in [1.54, 1.807) is 6.07 Å². The smallest absolute Gasteiger partial charge is 0.418 e. The Kier molecular flexibility index (Phi) is 6.07. The van der Waals surface area contributed by atoms with Crippen molar-refractivity contribution >= 4 is 45.4 Å². The third-order valence-electron chi connectivity index (χ3n) is 3.02. The molecule has 0 heterocycles. The number of hydrogen-bond acceptors (Lipinski definition) is 3. The maximum atomic E-state index is 13.0. The molecule has 0 aromatic heterocycles. The number of anilines is 1. The van der Waals surface area contributed by atoms with Crippen molar-refractivity contribution in [3.8, 4) is 5.75 Å². The van der Waals surface area contributed by atoms with Gasteiger partial charge in [-0.15, -0.1) is 0 Å². The zero-order valence-electron chi connectivity index (χ0n) is 12.4. The van der Waals surface area contributed by atoms with Gasteiger partial charge < -0.3 is 10.1 Å². The first-order valence-corrected chi connectivity index (χ1v) is 7.92. The quantitative estimate of drug-likeness (QED) is 0.675. The summed E-state index contributed by atoms with van der Waals surface area (Å²) in [6.45, 7) is -0.567. The summed E-state index contributed by atoms with van der Waals surface area (Å²) in [7, 11) is 0. The summed E-state index contributed by atoms with van der Waals surface area (Å²) in [5.74, 6) is -0.673. The molecule has 0 aliphatic heterocycles. The van der Waals surface area contributed by atoms with Crippen LogP contribution >= 0.6 is 27.5 Å². The number of alkyl halides is 3. The number of benzene rings is 2. The van der Waals surface area contributed by atoms with Crippen LogP contribution < -0.4 is 10.1 Å². The van der Waals surface area contributed by atoms with Crippen LogP contribution in [0.25, 0.3) is 0 Å². The average Bonchev–Trinajstić information content (AvgIpc) is 2.54. The Balaban J connectivity index is 2.10. The van der Waals surface area contributed by atoms with Gasteiger partial charge in [-0.3, -0.25) is 9.59 Å². The number of halogens is 5. The van der Waals surface area contributed by atoms with Crippen LogP contribution in [0.4, 0.5) is 18.9 Å². The minimum atomic E-state index is -4.68. The number of aldehydes is 1. The van der Waals surface area contributed by atoms with Gasteiger partial charge in [-0.05, 0) is 36.4 Å². The molecule has 0 bridgehead atoms. The molecular weight excluding hydrogens is 427 g/mol. The molecular formula is C16H10BrClF3NO3. The van der Waals surface area contributed by atoms with Crippen molar-refractivity contribution < 1.29 is 27.5 Å². The zero-order chi connectivity index (χ0) is 18.6. The largest absolute Gasteiger partial charge is 0.483 e. The summed E-state index contributed by atoms with van der Waals surface area (Å²) >= 11 is 8.76. The van der Waals surface area contributed by atoms with Crippen LogP contribution in [0.2, 0.25) is 5.02 Å².